The molecule has 2 aromatic rings. The number of hydrogen-bond acceptors (Lipinski definition) is 4. The van der Waals surface area contributed by atoms with Crippen molar-refractivity contribution in [3.05, 3.63) is 59.9 Å². The molecule has 0 N–H and O–H groups in total. The van der Waals surface area contributed by atoms with Gasteiger partial charge in [-0.1, -0.05) is 30.3 Å². The minimum absolute atomic E-state index is 0.00323. The van der Waals surface area contributed by atoms with Crippen molar-refractivity contribution >= 4 is 11.6 Å². The fourth-order valence-electron chi connectivity index (χ4n) is 4.30. The molecule has 5 nitrogen and oxygen atoms in total. The summed E-state index contributed by atoms with van der Waals surface area (Å²) in [5.41, 5.74) is 1.43. The van der Waals surface area contributed by atoms with E-state index in [-0.39, 0.29) is 23.9 Å². The molecule has 2 heterocycles. The van der Waals surface area contributed by atoms with E-state index in [1.165, 1.54) is 6.07 Å². The summed E-state index contributed by atoms with van der Waals surface area (Å²) in [7, 11) is 1.67. The van der Waals surface area contributed by atoms with Crippen LogP contribution in [0.4, 0.5) is 10.1 Å². The van der Waals surface area contributed by atoms with Gasteiger partial charge in [0.05, 0.1) is 31.5 Å². The molecule has 0 radical (unpaired) electrons. The van der Waals surface area contributed by atoms with Crippen LogP contribution in [0.2, 0.25) is 0 Å². The average molecular weight is 398 g/mol. The zero-order valence-electron chi connectivity index (χ0n) is 16.7. The Morgan fingerprint density at radius 2 is 1.72 bits per heavy atom. The lowest BCUT2D eigenvalue weighted by Crippen LogP contribution is -2.47. The quantitative estimate of drug-likeness (QED) is 0.745. The maximum Gasteiger partial charge on any atom is 0.244 e. The van der Waals surface area contributed by atoms with Crippen LogP contribution in [0.5, 0.6) is 5.75 Å². The summed E-state index contributed by atoms with van der Waals surface area (Å²) < 4.78 is 25.6. The van der Waals surface area contributed by atoms with Crippen LogP contribution in [-0.2, 0) is 16.1 Å². The number of piperidine rings is 1. The molecule has 2 fully saturated rings. The van der Waals surface area contributed by atoms with Gasteiger partial charge in [-0.25, -0.2) is 4.39 Å². The highest BCUT2D eigenvalue weighted by molar-refractivity contribution is 5.99. The Bertz CT molecular complexity index is 852. The molecule has 154 valence electrons. The standard InChI is InChI=1S/C23H27FN2O3/c1-28-22-9-5-2-6-17(22)16-29-18-10-13-25(14-11-18)21-12-15-26(23(21)27)20-8-4-3-7-19(20)24/h2-9,18,21H,10-16H2,1H3. The molecule has 2 aliphatic heterocycles. The molecular formula is C23H27FN2O3. The van der Waals surface area contributed by atoms with Gasteiger partial charge in [-0.15, -0.1) is 0 Å². The number of hydrogen-bond donors (Lipinski definition) is 0. The van der Waals surface area contributed by atoms with Crippen molar-refractivity contribution in [3.63, 3.8) is 0 Å². The molecule has 6 heteroatoms. The molecule has 4 rings (SSSR count). The molecule has 1 unspecified atom stereocenters. The van der Waals surface area contributed by atoms with E-state index in [1.54, 1.807) is 30.2 Å². The summed E-state index contributed by atoms with van der Waals surface area (Å²) in [6.45, 7) is 2.73. The van der Waals surface area contributed by atoms with E-state index in [2.05, 4.69) is 4.90 Å². The molecular weight excluding hydrogens is 371 g/mol. The third-order valence-electron chi connectivity index (χ3n) is 5.90. The van der Waals surface area contributed by atoms with Crippen molar-refractivity contribution in [2.24, 2.45) is 0 Å². The first-order valence-electron chi connectivity index (χ1n) is 10.2. The fraction of sp³-hybridized carbons (Fsp3) is 0.435. The fourth-order valence-corrected chi connectivity index (χ4v) is 4.30. The topological polar surface area (TPSA) is 42.0 Å². The largest absolute Gasteiger partial charge is 0.496 e. The van der Waals surface area contributed by atoms with Gasteiger partial charge in [-0.2, -0.15) is 0 Å². The number of likely N-dealkylation sites (tertiary alicyclic amines) is 1. The Morgan fingerprint density at radius 3 is 2.48 bits per heavy atom. The molecule has 2 aromatic carbocycles. The minimum Gasteiger partial charge on any atom is -0.496 e. The van der Waals surface area contributed by atoms with Gasteiger partial charge in [0.25, 0.3) is 0 Å². The molecule has 0 saturated carbocycles. The van der Waals surface area contributed by atoms with Crippen LogP contribution in [0, 0.1) is 5.82 Å². The predicted molar refractivity (Wildman–Crippen MR) is 110 cm³/mol. The Labute approximate surface area is 171 Å². The molecule has 0 aromatic heterocycles. The minimum atomic E-state index is -0.343. The second kappa shape index (κ2) is 8.93. The first-order valence-corrected chi connectivity index (χ1v) is 10.2. The SMILES string of the molecule is COc1ccccc1COC1CCN(C2CCN(c3ccccc3F)C2=O)CC1. The summed E-state index contributed by atoms with van der Waals surface area (Å²) in [4.78, 5) is 16.7. The number of nitrogens with zero attached hydrogens (tertiary/aromatic N) is 2. The number of carbonyl (C=O) groups excluding carboxylic acids is 1. The second-order valence-electron chi connectivity index (χ2n) is 7.60. The maximum absolute atomic E-state index is 14.1. The van der Waals surface area contributed by atoms with Crippen molar-refractivity contribution in [3.8, 4) is 5.75 Å². The van der Waals surface area contributed by atoms with Gasteiger partial charge < -0.3 is 14.4 Å². The number of anilines is 1. The molecule has 0 aliphatic carbocycles. The number of amides is 1. The predicted octanol–water partition coefficient (Wildman–Crippen LogP) is 3.62. The third kappa shape index (κ3) is 4.28. The zero-order chi connectivity index (χ0) is 20.2. The summed E-state index contributed by atoms with van der Waals surface area (Å²) in [6.07, 6.45) is 2.69. The van der Waals surface area contributed by atoms with Crippen molar-refractivity contribution < 1.29 is 18.7 Å². The smallest absolute Gasteiger partial charge is 0.244 e. The van der Waals surface area contributed by atoms with E-state index in [9.17, 15) is 9.18 Å². The van der Waals surface area contributed by atoms with E-state index >= 15 is 0 Å². The molecule has 2 saturated heterocycles. The lowest BCUT2D eigenvalue weighted by atomic mass is 10.0. The number of rotatable bonds is 6. The number of methoxy groups -OCH3 is 1. The van der Waals surface area contributed by atoms with E-state index in [1.807, 2.05) is 24.3 Å². The van der Waals surface area contributed by atoms with Crippen LogP contribution >= 0.6 is 0 Å². The first-order chi connectivity index (χ1) is 14.2. The Balaban J connectivity index is 1.30. The van der Waals surface area contributed by atoms with E-state index in [0.717, 1.165) is 43.7 Å². The third-order valence-corrected chi connectivity index (χ3v) is 5.90. The molecule has 0 spiro atoms. The second-order valence-corrected chi connectivity index (χ2v) is 7.60. The van der Waals surface area contributed by atoms with Crippen molar-refractivity contribution in [2.75, 3.05) is 31.6 Å². The van der Waals surface area contributed by atoms with E-state index in [0.29, 0.717) is 18.8 Å². The summed E-state index contributed by atoms with van der Waals surface area (Å²) in [5.74, 6) is 0.503. The van der Waals surface area contributed by atoms with Gasteiger partial charge in [0.2, 0.25) is 5.91 Å². The Kier molecular flexibility index (Phi) is 6.11. The molecule has 1 atom stereocenters. The van der Waals surface area contributed by atoms with Gasteiger partial charge in [0, 0.05) is 25.2 Å². The van der Waals surface area contributed by atoms with Crippen LogP contribution in [0.15, 0.2) is 48.5 Å². The molecule has 1 amide bonds. The van der Waals surface area contributed by atoms with Gasteiger partial charge in [0.15, 0.2) is 0 Å². The Morgan fingerprint density at radius 1 is 1.00 bits per heavy atom. The van der Waals surface area contributed by atoms with Crippen molar-refractivity contribution in [1.82, 2.24) is 4.90 Å². The molecule has 2 aliphatic rings. The highest BCUT2D eigenvalue weighted by atomic mass is 19.1. The van der Waals surface area contributed by atoms with E-state index < -0.39 is 0 Å². The van der Waals surface area contributed by atoms with Gasteiger partial charge in [-0.05, 0) is 37.5 Å². The van der Waals surface area contributed by atoms with Crippen LogP contribution in [0.3, 0.4) is 0 Å². The van der Waals surface area contributed by atoms with Crippen LogP contribution in [-0.4, -0.2) is 49.7 Å². The van der Waals surface area contributed by atoms with Crippen molar-refractivity contribution in [2.45, 2.75) is 38.0 Å². The number of benzene rings is 2. The number of ether oxygens (including phenoxy) is 2. The van der Waals surface area contributed by atoms with Crippen molar-refractivity contribution in [1.29, 1.82) is 0 Å². The van der Waals surface area contributed by atoms with Crippen LogP contribution < -0.4 is 9.64 Å². The van der Waals surface area contributed by atoms with Crippen LogP contribution in [0.25, 0.3) is 0 Å². The lowest BCUT2D eigenvalue weighted by molar-refractivity contribution is -0.122. The summed E-state index contributed by atoms with van der Waals surface area (Å²) >= 11 is 0. The summed E-state index contributed by atoms with van der Waals surface area (Å²) in [6, 6.07) is 14.2. The molecule has 29 heavy (non-hydrogen) atoms. The first kappa shape index (κ1) is 19.9. The summed E-state index contributed by atoms with van der Waals surface area (Å²) in [5, 5.41) is 0. The maximum atomic E-state index is 14.1. The number of para-hydroxylation sites is 2. The highest BCUT2D eigenvalue weighted by Crippen LogP contribution is 2.29. The van der Waals surface area contributed by atoms with Gasteiger partial charge in [-0.3, -0.25) is 9.69 Å². The van der Waals surface area contributed by atoms with Crippen LogP contribution in [0.1, 0.15) is 24.8 Å². The van der Waals surface area contributed by atoms with Gasteiger partial charge in [0.1, 0.15) is 11.6 Å². The van der Waals surface area contributed by atoms with Gasteiger partial charge >= 0.3 is 0 Å². The highest BCUT2D eigenvalue weighted by Gasteiger charge is 2.38. The monoisotopic (exact) mass is 398 g/mol. The average Bonchev–Trinajstić information content (AvgIpc) is 3.14. The normalized spacial score (nSPS) is 21.0. The van der Waals surface area contributed by atoms with E-state index in [4.69, 9.17) is 9.47 Å². The number of carbonyl (C=O) groups is 1. The molecule has 0 bridgehead atoms. The Hall–Kier alpha value is -2.44. The lowest BCUT2D eigenvalue weighted by Gasteiger charge is -2.35. The number of halogens is 1. The zero-order valence-corrected chi connectivity index (χ0v) is 16.7.